The van der Waals surface area contributed by atoms with Crippen LogP contribution >= 0.6 is 0 Å². The number of nitrogens with one attached hydrogen (secondary N) is 2. The topological polar surface area (TPSA) is 57.2 Å². The summed E-state index contributed by atoms with van der Waals surface area (Å²) in [6.45, 7) is 2.44. The van der Waals surface area contributed by atoms with Gasteiger partial charge in [0.2, 0.25) is 0 Å². The molecule has 0 bridgehead atoms. The third-order valence-corrected chi connectivity index (χ3v) is 1.89. The molecule has 1 aromatic heterocycles. The van der Waals surface area contributed by atoms with E-state index in [0.717, 1.165) is 6.54 Å². The van der Waals surface area contributed by atoms with Gasteiger partial charge in [0.1, 0.15) is 17.7 Å². The molecule has 1 aromatic rings. The number of hydrogen-bond acceptors (Lipinski definition) is 4. The third-order valence-electron chi connectivity index (χ3n) is 1.89. The van der Waals surface area contributed by atoms with Gasteiger partial charge in [-0.15, -0.1) is 0 Å². The fraction of sp³-hybridized carbons (Fsp3) is 0.500. The van der Waals surface area contributed by atoms with E-state index >= 15 is 0 Å². The summed E-state index contributed by atoms with van der Waals surface area (Å²) >= 11 is 0. The van der Waals surface area contributed by atoms with Crippen LogP contribution in [0.2, 0.25) is 0 Å². The monoisotopic (exact) mass is 231 g/mol. The Balaban J connectivity index is 2.50. The highest BCUT2D eigenvalue weighted by atomic mass is 19.3. The Morgan fingerprint density at radius 2 is 1.94 bits per heavy atom. The summed E-state index contributed by atoms with van der Waals surface area (Å²) < 4.78 is 24.0. The molecule has 0 radical (unpaired) electrons. The van der Waals surface area contributed by atoms with Crippen LogP contribution in [0, 0.1) is 0 Å². The minimum absolute atomic E-state index is 0.222. The van der Waals surface area contributed by atoms with Gasteiger partial charge in [-0.1, -0.05) is 6.07 Å². The zero-order valence-electron chi connectivity index (χ0n) is 8.95. The molecule has 0 aliphatic rings. The van der Waals surface area contributed by atoms with Gasteiger partial charge >= 0.3 is 0 Å². The molecular weight excluding hydrogens is 216 g/mol. The molecule has 4 nitrogen and oxygen atoms in total. The number of rotatable bonds is 6. The van der Waals surface area contributed by atoms with Gasteiger partial charge in [0.25, 0.3) is 6.43 Å². The average molecular weight is 231 g/mol. The van der Waals surface area contributed by atoms with E-state index in [1.165, 1.54) is 0 Å². The summed E-state index contributed by atoms with van der Waals surface area (Å²) in [5.41, 5.74) is 0. The molecule has 16 heavy (non-hydrogen) atoms. The fourth-order valence-electron chi connectivity index (χ4n) is 1.11. The molecule has 1 unspecified atom stereocenters. The van der Waals surface area contributed by atoms with Gasteiger partial charge in [-0.2, -0.15) is 0 Å². The summed E-state index contributed by atoms with van der Waals surface area (Å²) in [5.74, 6) is 1.12. The molecule has 0 spiro atoms. The van der Waals surface area contributed by atoms with Gasteiger partial charge < -0.3 is 15.7 Å². The second kappa shape index (κ2) is 6.22. The molecule has 90 valence electrons. The first kappa shape index (κ1) is 12.6. The van der Waals surface area contributed by atoms with Crippen molar-refractivity contribution < 1.29 is 13.9 Å². The van der Waals surface area contributed by atoms with Gasteiger partial charge in [0, 0.05) is 13.1 Å². The van der Waals surface area contributed by atoms with Crippen LogP contribution in [0.3, 0.4) is 0 Å². The average Bonchev–Trinajstić information content (AvgIpc) is 2.26. The largest absolute Gasteiger partial charge is 0.385 e. The molecule has 6 heteroatoms. The van der Waals surface area contributed by atoms with E-state index in [9.17, 15) is 8.78 Å². The lowest BCUT2D eigenvalue weighted by Crippen LogP contribution is -2.27. The number of pyridine rings is 1. The first-order valence-corrected chi connectivity index (χ1v) is 5.04. The Bertz CT molecular complexity index is 323. The Hall–Kier alpha value is -1.43. The zero-order chi connectivity index (χ0) is 12.0. The van der Waals surface area contributed by atoms with Crippen molar-refractivity contribution >= 4 is 11.6 Å². The Morgan fingerprint density at radius 1 is 1.31 bits per heavy atom. The maximum atomic E-state index is 12.0. The van der Waals surface area contributed by atoms with Crippen LogP contribution in [0.15, 0.2) is 18.2 Å². The fourth-order valence-corrected chi connectivity index (χ4v) is 1.11. The summed E-state index contributed by atoms with van der Waals surface area (Å²) in [6.07, 6.45) is -4.42. The van der Waals surface area contributed by atoms with Crippen LogP contribution < -0.4 is 10.6 Å². The lowest BCUT2D eigenvalue weighted by molar-refractivity contribution is 0.00381. The lowest BCUT2D eigenvalue weighted by Gasteiger charge is -2.11. The molecule has 0 fully saturated rings. The predicted octanol–water partition coefficient (Wildman–Crippen LogP) is 1.55. The molecule has 0 aromatic carbocycles. The number of aliphatic hydroxyl groups is 1. The van der Waals surface area contributed by atoms with Crippen molar-refractivity contribution in [2.24, 2.45) is 0 Å². The van der Waals surface area contributed by atoms with E-state index < -0.39 is 12.5 Å². The molecule has 0 aliphatic heterocycles. The maximum Gasteiger partial charge on any atom is 0.265 e. The van der Waals surface area contributed by atoms with Crippen LogP contribution in [0.1, 0.15) is 6.92 Å². The van der Waals surface area contributed by atoms with Crippen LogP contribution in [0.5, 0.6) is 0 Å². The van der Waals surface area contributed by atoms with E-state index in [0.29, 0.717) is 11.6 Å². The quantitative estimate of drug-likeness (QED) is 0.695. The van der Waals surface area contributed by atoms with Crippen molar-refractivity contribution in [1.29, 1.82) is 0 Å². The SMILES string of the molecule is CCNc1cccc(NCC(O)C(F)F)n1. The summed E-state index contributed by atoms with van der Waals surface area (Å²) in [7, 11) is 0. The number of alkyl halides is 2. The molecule has 1 atom stereocenters. The molecule has 3 N–H and O–H groups in total. The summed E-state index contributed by atoms with van der Waals surface area (Å²) in [6, 6.07) is 5.18. The van der Waals surface area contributed by atoms with Gasteiger partial charge in [-0.05, 0) is 19.1 Å². The first-order valence-electron chi connectivity index (χ1n) is 5.04. The molecule has 1 rings (SSSR count). The Labute approximate surface area is 92.7 Å². The van der Waals surface area contributed by atoms with Crippen LogP contribution in [-0.2, 0) is 0 Å². The van der Waals surface area contributed by atoms with Crippen LogP contribution in [0.4, 0.5) is 20.4 Å². The molecule has 0 aliphatic carbocycles. The molecule has 0 saturated carbocycles. The number of nitrogens with zero attached hydrogens (tertiary/aromatic N) is 1. The predicted molar refractivity (Wildman–Crippen MR) is 58.9 cm³/mol. The van der Waals surface area contributed by atoms with Crippen molar-refractivity contribution in [2.45, 2.75) is 19.5 Å². The molecule has 0 saturated heterocycles. The Morgan fingerprint density at radius 3 is 2.50 bits per heavy atom. The van der Waals surface area contributed by atoms with Crippen LogP contribution in [0.25, 0.3) is 0 Å². The standard InChI is InChI=1S/C10H15F2N3O/c1-2-13-8-4-3-5-9(15-8)14-6-7(16)10(11)12/h3-5,7,10,16H,2,6H2,1H3,(H2,13,14,15). The molecule has 1 heterocycles. The smallest absolute Gasteiger partial charge is 0.265 e. The maximum absolute atomic E-state index is 12.0. The normalized spacial score (nSPS) is 12.6. The second-order valence-corrected chi connectivity index (χ2v) is 3.22. The summed E-state index contributed by atoms with van der Waals surface area (Å²) in [4.78, 5) is 4.12. The lowest BCUT2D eigenvalue weighted by atomic mass is 10.3. The highest BCUT2D eigenvalue weighted by molar-refractivity contribution is 5.44. The Kier molecular flexibility index (Phi) is 4.91. The molecular formula is C10H15F2N3O. The van der Waals surface area contributed by atoms with Crippen molar-refractivity contribution in [3.63, 3.8) is 0 Å². The van der Waals surface area contributed by atoms with E-state index in [-0.39, 0.29) is 6.54 Å². The van der Waals surface area contributed by atoms with Crippen LogP contribution in [-0.4, -0.2) is 35.7 Å². The van der Waals surface area contributed by atoms with Gasteiger partial charge in [0.05, 0.1) is 0 Å². The van der Waals surface area contributed by atoms with Crippen molar-refractivity contribution in [3.8, 4) is 0 Å². The highest BCUT2D eigenvalue weighted by Gasteiger charge is 2.16. The number of halogens is 2. The number of aromatic nitrogens is 1. The van der Waals surface area contributed by atoms with Gasteiger partial charge in [-0.3, -0.25) is 0 Å². The van der Waals surface area contributed by atoms with Crippen molar-refractivity contribution in [2.75, 3.05) is 23.7 Å². The number of anilines is 2. The van der Waals surface area contributed by atoms with E-state index in [1.54, 1.807) is 18.2 Å². The first-order chi connectivity index (χ1) is 7.63. The molecule has 0 amide bonds. The van der Waals surface area contributed by atoms with Gasteiger partial charge in [-0.25, -0.2) is 13.8 Å². The third kappa shape index (κ3) is 3.98. The number of hydrogen-bond donors (Lipinski definition) is 3. The second-order valence-electron chi connectivity index (χ2n) is 3.22. The minimum Gasteiger partial charge on any atom is -0.385 e. The number of aliphatic hydroxyl groups excluding tert-OH is 1. The van der Waals surface area contributed by atoms with Crippen molar-refractivity contribution in [3.05, 3.63) is 18.2 Å². The van der Waals surface area contributed by atoms with E-state index in [1.807, 2.05) is 6.92 Å². The van der Waals surface area contributed by atoms with Gasteiger partial charge in [0.15, 0.2) is 0 Å². The zero-order valence-corrected chi connectivity index (χ0v) is 8.95. The van der Waals surface area contributed by atoms with E-state index in [2.05, 4.69) is 15.6 Å². The van der Waals surface area contributed by atoms with E-state index in [4.69, 9.17) is 5.11 Å². The van der Waals surface area contributed by atoms with Crippen molar-refractivity contribution in [1.82, 2.24) is 4.98 Å². The highest BCUT2D eigenvalue weighted by Crippen LogP contribution is 2.09. The summed E-state index contributed by atoms with van der Waals surface area (Å²) in [5, 5.41) is 14.5. The minimum atomic E-state index is -2.75.